The second kappa shape index (κ2) is 5.78. The van der Waals surface area contributed by atoms with Crippen LogP contribution >= 0.6 is 27.3 Å². The van der Waals surface area contributed by atoms with E-state index in [4.69, 9.17) is 0 Å². The molecule has 0 aliphatic heterocycles. The summed E-state index contributed by atoms with van der Waals surface area (Å²) in [5.74, 6) is 0. The van der Waals surface area contributed by atoms with Gasteiger partial charge in [-0.15, -0.1) is 11.3 Å². The van der Waals surface area contributed by atoms with Crippen LogP contribution in [0.5, 0.6) is 0 Å². The highest BCUT2D eigenvalue weighted by Crippen LogP contribution is 2.35. The molecule has 0 bridgehead atoms. The van der Waals surface area contributed by atoms with E-state index in [1.54, 1.807) is 0 Å². The van der Waals surface area contributed by atoms with Crippen LogP contribution in [0.25, 0.3) is 0 Å². The third kappa shape index (κ3) is 2.78. The minimum atomic E-state index is 0.486. The Balaban J connectivity index is 1.79. The van der Waals surface area contributed by atoms with Crippen LogP contribution in [0, 0.1) is 0 Å². The third-order valence-electron chi connectivity index (χ3n) is 3.88. The Labute approximate surface area is 127 Å². The van der Waals surface area contributed by atoms with E-state index in [0.717, 1.165) is 6.42 Å². The van der Waals surface area contributed by atoms with Crippen molar-refractivity contribution in [1.82, 2.24) is 5.32 Å². The fraction of sp³-hybridized carbons (Fsp3) is 0.375. The van der Waals surface area contributed by atoms with Crippen molar-refractivity contribution in [3.63, 3.8) is 0 Å². The lowest BCUT2D eigenvalue weighted by Gasteiger charge is -2.22. The molecule has 1 aromatic carbocycles. The van der Waals surface area contributed by atoms with Crippen LogP contribution in [0.3, 0.4) is 0 Å². The summed E-state index contributed by atoms with van der Waals surface area (Å²) >= 11 is 5.41. The Morgan fingerprint density at radius 3 is 3.05 bits per heavy atom. The Bertz CT molecular complexity index is 550. The zero-order valence-electron chi connectivity index (χ0n) is 11.0. The molecule has 0 amide bonds. The topological polar surface area (TPSA) is 12.0 Å². The Morgan fingerprint density at radius 1 is 1.42 bits per heavy atom. The summed E-state index contributed by atoms with van der Waals surface area (Å²) in [6.07, 6.45) is 3.55. The maximum Gasteiger partial charge on any atom is 0.0417 e. The van der Waals surface area contributed by atoms with Crippen LogP contribution in [0.2, 0.25) is 0 Å². The van der Waals surface area contributed by atoms with Gasteiger partial charge in [0.25, 0.3) is 0 Å². The zero-order valence-corrected chi connectivity index (χ0v) is 13.4. The number of benzene rings is 1. The van der Waals surface area contributed by atoms with Crippen LogP contribution < -0.4 is 5.32 Å². The van der Waals surface area contributed by atoms with Crippen molar-refractivity contribution in [2.45, 2.75) is 38.3 Å². The molecule has 2 unspecified atom stereocenters. The highest BCUT2D eigenvalue weighted by Gasteiger charge is 2.25. The summed E-state index contributed by atoms with van der Waals surface area (Å²) in [4.78, 5) is 1.45. The van der Waals surface area contributed by atoms with E-state index in [1.165, 1.54) is 33.3 Å². The molecule has 1 aromatic heterocycles. The number of thiophene rings is 1. The van der Waals surface area contributed by atoms with Crippen molar-refractivity contribution in [2.24, 2.45) is 0 Å². The molecule has 3 rings (SSSR count). The van der Waals surface area contributed by atoms with Crippen LogP contribution in [0.4, 0.5) is 0 Å². The van der Waals surface area contributed by atoms with Crippen molar-refractivity contribution in [3.05, 3.63) is 56.2 Å². The van der Waals surface area contributed by atoms with Crippen molar-refractivity contribution >= 4 is 27.3 Å². The number of rotatable bonds is 4. The highest BCUT2D eigenvalue weighted by molar-refractivity contribution is 9.10. The van der Waals surface area contributed by atoms with Crippen molar-refractivity contribution in [1.29, 1.82) is 0 Å². The normalized spacial score (nSPS) is 19.4. The molecule has 100 valence electrons. The number of fused-ring (bicyclic) bond motifs is 1. The molecule has 19 heavy (non-hydrogen) atoms. The first-order valence-corrected chi connectivity index (χ1v) is 8.53. The van der Waals surface area contributed by atoms with Gasteiger partial charge < -0.3 is 5.32 Å². The molecule has 1 heterocycles. The van der Waals surface area contributed by atoms with Gasteiger partial charge in [-0.25, -0.2) is 0 Å². The first kappa shape index (κ1) is 13.3. The van der Waals surface area contributed by atoms with E-state index >= 15 is 0 Å². The van der Waals surface area contributed by atoms with Crippen molar-refractivity contribution in [3.8, 4) is 0 Å². The molecule has 2 atom stereocenters. The lowest BCUT2D eigenvalue weighted by atomic mass is 10.1. The summed E-state index contributed by atoms with van der Waals surface area (Å²) in [7, 11) is 0. The smallest absolute Gasteiger partial charge is 0.0417 e. The van der Waals surface area contributed by atoms with E-state index in [0.29, 0.717) is 12.1 Å². The molecule has 3 heteroatoms. The molecule has 1 aliphatic rings. The molecule has 1 nitrogen and oxygen atoms in total. The standard InChI is InChI=1S/C16H18BrNS/c1-2-14(16-4-3-9-19-16)18-15-8-5-11-10-12(17)6-7-13(11)15/h3-4,6-7,9-10,14-15,18H,2,5,8H2,1H3. The SMILES string of the molecule is CCC(NC1CCc2cc(Br)ccc21)c1cccs1. The van der Waals surface area contributed by atoms with E-state index in [-0.39, 0.29) is 0 Å². The molecule has 0 fully saturated rings. The Hall–Kier alpha value is -0.640. The lowest BCUT2D eigenvalue weighted by molar-refractivity contribution is 0.438. The van der Waals surface area contributed by atoms with Gasteiger partial charge in [0.05, 0.1) is 0 Å². The first-order chi connectivity index (χ1) is 9.28. The van der Waals surface area contributed by atoms with Crippen molar-refractivity contribution < 1.29 is 0 Å². The van der Waals surface area contributed by atoms with Gasteiger partial charge in [-0.1, -0.05) is 35.0 Å². The van der Waals surface area contributed by atoms with E-state index in [1.807, 2.05) is 11.3 Å². The van der Waals surface area contributed by atoms with Crippen molar-refractivity contribution in [2.75, 3.05) is 0 Å². The van der Waals surface area contributed by atoms with Gasteiger partial charge in [-0.2, -0.15) is 0 Å². The molecule has 0 spiro atoms. The van der Waals surface area contributed by atoms with E-state index in [2.05, 4.69) is 63.9 Å². The Kier molecular flexibility index (Phi) is 4.06. The maximum atomic E-state index is 3.84. The van der Waals surface area contributed by atoms with Crippen LogP contribution in [-0.4, -0.2) is 0 Å². The lowest BCUT2D eigenvalue weighted by Crippen LogP contribution is -2.24. The fourth-order valence-corrected chi connectivity index (χ4v) is 4.17. The number of hydrogen-bond acceptors (Lipinski definition) is 2. The van der Waals surface area contributed by atoms with Gasteiger partial charge in [0, 0.05) is 21.4 Å². The molecule has 0 saturated heterocycles. The third-order valence-corrected chi connectivity index (χ3v) is 5.36. The summed E-state index contributed by atoms with van der Waals surface area (Å²) < 4.78 is 1.19. The molecule has 0 saturated carbocycles. The summed E-state index contributed by atoms with van der Waals surface area (Å²) in [5, 5.41) is 6.00. The monoisotopic (exact) mass is 335 g/mol. The summed E-state index contributed by atoms with van der Waals surface area (Å²) in [6.45, 7) is 2.26. The van der Waals surface area contributed by atoms with Crippen LogP contribution in [0.1, 0.15) is 47.9 Å². The zero-order chi connectivity index (χ0) is 13.2. The van der Waals surface area contributed by atoms with Gasteiger partial charge >= 0.3 is 0 Å². The first-order valence-electron chi connectivity index (χ1n) is 6.85. The maximum absolute atomic E-state index is 3.84. The minimum absolute atomic E-state index is 0.486. The number of halogens is 1. The largest absolute Gasteiger partial charge is 0.302 e. The molecular weight excluding hydrogens is 318 g/mol. The van der Waals surface area contributed by atoms with E-state index in [9.17, 15) is 0 Å². The average Bonchev–Trinajstić information content (AvgIpc) is 3.05. The number of aryl methyl sites for hydroxylation is 1. The van der Waals surface area contributed by atoms with Crippen LogP contribution in [-0.2, 0) is 6.42 Å². The predicted octanol–water partition coefficient (Wildman–Crippen LogP) is 5.24. The van der Waals surface area contributed by atoms with Gasteiger partial charge in [0.2, 0.25) is 0 Å². The second-order valence-corrected chi connectivity index (χ2v) is 6.97. The minimum Gasteiger partial charge on any atom is -0.302 e. The van der Waals surface area contributed by atoms with E-state index < -0.39 is 0 Å². The predicted molar refractivity (Wildman–Crippen MR) is 85.7 cm³/mol. The van der Waals surface area contributed by atoms with Crippen LogP contribution in [0.15, 0.2) is 40.2 Å². The molecule has 2 aromatic rings. The average molecular weight is 336 g/mol. The van der Waals surface area contributed by atoms with Gasteiger partial charge in [0.15, 0.2) is 0 Å². The Morgan fingerprint density at radius 2 is 2.32 bits per heavy atom. The van der Waals surface area contributed by atoms with Gasteiger partial charge in [0.1, 0.15) is 0 Å². The quantitative estimate of drug-likeness (QED) is 0.805. The fourth-order valence-electron chi connectivity index (χ4n) is 2.89. The molecule has 1 N–H and O–H groups in total. The number of hydrogen-bond donors (Lipinski definition) is 1. The highest BCUT2D eigenvalue weighted by atomic mass is 79.9. The van der Waals surface area contributed by atoms with Gasteiger partial charge in [-0.05, 0) is 54.0 Å². The molecular formula is C16H18BrNS. The number of nitrogens with one attached hydrogen (secondary N) is 1. The summed E-state index contributed by atoms with van der Waals surface area (Å²) in [6, 6.07) is 12.1. The molecule has 1 aliphatic carbocycles. The summed E-state index contributed by atoms with van der Waals surface area (Å²) in [5.41, 5.74) is 2.98. The van der Waals surface area contributed by atoms with Gasteiger partial charge in [-0.3, -0.25) is 0 Å². The molecule has 0 radical (unpaired) electrons. The second-order valence-electron chi connectivity index (χ2n) is 5.08.